The Bertz CT molecular complexity index is 1430. The lowest BCUT2D eigenvalue weighted by Gasteiger charge is -2.41. The summed E-state index contributed by atoms with van der Waals surface area (Å²) in [4.78, 5) is 26.4. The average Bonchev–Trinajstić information content (AvgIpc) is 3.66. The first-order valence-electron chi connectivity index (χ1n) is 14.5. The largest absolute Gasteiger partial charge is 0.465 e. The minimum Gasteiger partial charge on any atom is -0.465 e. The van der Waals surface area contributed by atoms with Crippen LogP contribution in [0.5, 0.6) is 0 Å². The number of amides is 1. The average molecular weight is 655 g/mol. The summed E-state index contributed by atoms with van der Waals surface area (Å²) >= 11 is 4.31. The number of carbonyl (C=O) groups is 2. The van der Waals surface area contributed by atoms with Crippen LogP contribution in [0, 0.1) is 0 Å². The van der Waals surface area contributed by atoms with E-state index in [1.807, 2.05) is 22.7 Å². The van der Waals surface area contributed by atoms with Gasteiger partial charge < -0.3 is 9.16 Å². The first-order valence-corrected chi connectivity index (χ1v) is 20.1. The van der Waals surface area contributed by atoms with Crippen molar-refractivity contribution in [3.63, 3.8) is 0 Å². The van der Waals surface area contributed by atoms with E-state index in [4.69, 9.17) is 9.16 Å². The predicted molar refractivity (Wildman–Crippen MR) is 185 cm³/mol. The normalized spacial score (nSPS) is 15.0. The highest BCUT2D eigenvalue weighted by atomic mass is 32.2. The van der Waals surface area contributed by atoms with Crippen LogP contribution in [0.3, 0.4) is 0 Å². The Morgan fingerprint density at radius 3 is 2.58 bits per heavy atom. The Morgan fingerprint density at radius 2 is 1.86 bits per heavy atom. The fourth-order valence-corrected chi connectivity index (χ4v) is 8.05. The van der Waals surface area contributed by atoms with Crippen molar-refractivity contribution in [3.8, 4) is 0 Å². The molecule has 3 aromatic rings. The summed E-state index contributed by atoms with van der Waals surface area (Å²) in [7, 11) is -0.657. The molecule has 0 N–H and O–H groups in total. The maximum atomic E-state index is 13.0. The van der Waals surface area contributed by atoms with Crippen molar-refractivity contribution in [2.75, 3.05) is 20.2 Å². The highest BCUT2D eigenvalue weighted by Crippen LogP contribution is 2.38. The van der Waals surface area contributed by atoms with Crippen molar-refractivity contribution in [3.05, 3.63) is 91.3 Å². The van der Waals surface area contributed by atoms with Crippen molar-refractivity contribution >= 4 is 66.1 Å². The molecule has 10 heteroatoms. The number of hydrogen-bond acceptors (Lipinski definition) is 8. The molecule has 0 saturated heterocycles. The molecule has 6 nitrogen and oxygen atoms in total. The summed E-state index contributed by atoms with van der Waals surface area (Å²) in [5.41, 5.74) is 3.63. The van der Waals surface area contributed by atoms with Crippen LogP contribution in [-0.4, -0.2) is 55.8 Å². The number of carbonyl (C=O) groups excluding carboxylic acids is 2. The highest BCUT2D eigenvalue weighted by Gasteiger charge is 2.39. The van der Waals surface area contributed by atoms with E-state index in [9.17, 15) is 9.59 Å². The molecular formula is C33H42N2O4S3Si. The number of ether oxygens (including phenoxy) is 1. The lowest BCUT2D eigenvalue weighted by Crippen LogP contribution is -2.47. The lowest BCUT2D eigenvalue weighted by atomic mass is 10.0. The van der Waals surface area contributed by atoms with Crippen molar-refractivity contribution < 1.29 is 18.8 Å². The quantitative estimate of drug-likeness (QED) is 0.135. The van der Waals surface area contributed by atoms with Gasteiger partial charge in [-0.25, -0.2) is 9.80 Å². The lowest BCUT2D eigenvalue weighted by molar-refractivity contribution is 0.0567. The van der Waals surface area contributed by atoms with Gasteiger partial charge in [0.1, 0.15) is 4.88 Å². The number of thiophene rings is 2. The van der Waals surface area contributed by atoms with E-state index in [1.54, 1.807) is 22.4 Å². The molecule has 1 amide bonds. The first-order chi connectivity index (χ1) is 20.4. The van der Waals surface area contributed by atoms with Gasteiger partial charge in [-0.2, -0.15) is 11.3 Å². The summed E-state index contributed by atoms with van der Waals surface area (Å²) in [6.07, 6.45) is 8.56. The summed E-state index contributed by atoms with van der Waals surface area (Å²) in [6.45, 7) is 12.6. The molecule has 0 radical (unpaired) electrons. The smallest absolute Gasteiger partial charge is 0.348 e. The minimum atomic E-state index is -2.04. The summed E-state index contributed by atoms with van der Waals surface area (Å²) in [5, 5.41) is 10.0. The Morgan fingerprint density at radius 1 is 1.07 bits per heavy atom. The number of esters is 1. The predicted octanol–water partition coefficient (Wildman–Crippen LogP) is 9.19. The van der Waals surface area contributed by atoms with E-state index in [0.29, 0.717) is 24.4 Å². The topological polar surface area (TPSA) is 59.1 Å². The van der Waals surface area contributed by atoms with Crippen LogP contribution in [0.1, 0.15) is 58.4 Å². The third-order valence-electron chi connectivity index (χ3n) is 7.91. The zero-order valence-electron chi connectivity index (χ0n) is 25.9. The van der Waals surface area contributed by atoms with Gasteiger partial charge in [-0.3, -0.25) is 9.80 Å². The van der Waals surface area contributed by atoms with E-state index >= 15 is 0 Å². The van der Waals surface area contributed by atoms with Crippen LogP contribution >= 0.6 is 34.4 Å². The number of thioether (sulfide) groups is 1. The molecule has 1 aliphatic heterocycles. The van der Waals surface area contributed by atoms with Crippen LogP contribution in [0.25, 0.3) is 12.2 Å². The molecule has 0 fully saturated rings. The van der Waals surface area contributed by atoms with Crippen LogP contribution in [-0.2, 0) is 22.0 Å². The van der Waals surface area contributed by atoms with Gasteiger partial charge in [-0.05, 0) is 93.8 Å². The maximum absolute atomic E-state index is 13.0. The second kappa shape index (κ2) is 14.9. The molecule has 0 spiro atoms. The fourth-order valence-electron chi connectivity index (χ4n) is 4.48. The van der Waals surface area contributed by atoms with E-state index in [1.165, 1.54) is 46.9 Å². The van der Waals surface area contributed by atoms with Gasteiger partial charge in [0.05, 0.1) is 13.2 Å². The molecule has 1 unspecified atom stereocenters. The van der Waals surface area contributed by atoms with Gasteiger partial charge in [0.15, 0.2) is 8.32 Å². The molecule has 4 rings (SSSR count). The number of hydrazine groups is 1. The van der Waals surface area contributed by atoms with Gasteiger partial charge in [0, 0.05) is 30.6 Å². The number of methoxy groups -OCH3 is 1. The van der Waals surface area contributed by atoms with Gasteiger partial charge in [-0.1, -0.05) is 57.2 Å². The monoisotopic (exact) mass is 654 g/mol. The third-order valence-corrected chi connectivity index (χ3v) is 14.9. The van der Waals surface area contributed by atoms with Gasteiger partial charge in [0.2, 0.25) is 0 Å². The van der Waals surface area contributed by atoms with Crippen LogP contribution in [0.2, 0.25) is 18.1 Å². The SMILES string of the molecule is COC(=O)c1ccc(CCN2C(=O)SC=CN2CCC(Cc2cccc(/C=C/c3ccsc3)c2)O[Si](C)(C)C(C)(C)C)s1. The molecule has 0 bridgehead atoms. The number of benzene rings is 1. The van der Waals surface area contributed by atoms with Crippen LogP contribution in [0.15, 0.2) is 64.8 Å². The molecule has 1 aromatic carbocycles. The molecule has 2 aromatic heterocycles. The van der Waals surface area contributed by atoms with Gasteiger partial charge in [-0.15, -0.1) is 11.3 Å². The van der Waals surface area contributed by atoms with E-state index in [-0.39, 0.29) is 22.4 Å². The Balaban J connectivity index is 1.46. The standard InChI is InChI=1S/C33H42N2O4S3Si/c1-33(2,3)43(5,6)39-28(23-27-9-7-8-25(22-27)10-11-26-16-20-40-24-26)14-17-34-19-21-41-32(37)35(34)18-15-29-12-13-30(42-29)31(36)38-4/h7-13,16,19-22,24,28H,14-15,17-18,23H2,1-6H3/b11-10+. The Labute approximate surface area is 269 Å². The van der Waals surface area contributed by atoms with Crippen molar-refractivity contribution in [2.45, 2.75) is 64.3 Å². The zero-order valence-corrected chi connectivity index (χ0v) is 29.3. The minimum absolute atomic E-state index is 0.000719. The van der Waals surface area contributed by atoms with Gasteiger partial charge >= 0.3 is 11.2 Å². The molecule has 230 valence electrons. The Kier molecular flexibility index (Phi) is 11.5. The molecule has 0 aliphatic carbocycles. The summed E-state index contributed by atoms with van der Waals surface area (Å²) in [5.74, 6) is -0.331. The summed E-state index contributed by atoms with van der Waals surface area (Å²) < 4.78 is 11.8. The molecule has 1 aliphatic rings. The third kappa shape index (κ3) is 9.43. The maximum Gasteiger partial charge on any atom is 0.348 e. The van der Waals surface area contributed by atoms with E-state index in [0.717, 1.165) is 17.7 Å². The second-order valence-electron chi connectivity index (χ2n) is 12.1. The van der Waals surface area contributed by atoms with Gasteiger partial charge in [0.25, 0.3) is 0 Å². The molecule has 1 atom stereocenters. The van der Waals surface area contributed by atoms with Crippen molar-refractivity contribution in [2.24, 2.45) is 0 Å². The highest BCUT2D eigenvalue weighted by molar-refractivity contribution is 8.16. The van der Waals surface area contributed by atoms with Crippen LogP contribution < -0.4 is 0 Å². The van der Waals surface area contributed by atoms with Crippen molar-refractivity contribution in [1.29, 1.82) is 0 Å². The molecular weight excluding hydrogens is 613 g/mol. The number of nitrogens with zero attached hydrogens (tertiary/aromatic N) is 2. The van der Waals surface area contributed by atoms with E-state index < -0.39 is 8.32 Å². The number of hydrogen-bond donors (Lipinski definition) is 0. The zero-order chi connectivity index (χ0) is 31.0. The second-order valence-corrected chi connectivity index (χ2v) is 19.7. The molecule has 3 heterocycles. The van der Waals surface area contributed by atoms with E-state index in [2.05, 4.69) is 87.1 Å². The number of rotatable bonds is 13. The summed E-state index contributed by atoms with van der Waals surface area (Å²) in [6, 6.07) is 14.5. The molecule has 0 saturated carbocycles. The first kappa shape index (κ1) is 33.3. The van der Waals surface area contributed by atoms with Crippen molar-refractivity contribution in [1.82, 2.24) is 10.0 Å². The Hall–Kier alpha value is -2.63. The fraction of sp³-hybridized carbons (Fsp3) is 0.394. The molecule has 43 heavy (non-hydrogen) atoms. The van der Waals surface area contributed by atoms with Crippen LogP contribution in [0.4, 0.5) is 4.79 Å².